The number of anilines is 1. The fraction of sp³-hybridized carbons (Fsp3) is 0.412. The van der Waals surface area contributed by atoms with Gasteiger partial charge >= 0.3 is 0 Å². The van der Waals surface area contributed by atoms with E-state index in [0.29, 0.717) is 25.3 Å². The van der Waals surface area contributed by atoms with Gasteiger partial charge < -0.3 is 20.5 Å². The fourth-order valence-corrected chi connectivity index (χ4v) is 1.68. The lowest BCUT2D eigenvalue weighted by Crippen LogP contribution is -2.26. The summed E-state index contributed by atoms with van der Waals surface area (Å²) < 4.78 is 5.39. The van der Waals surface area contributed by atoms with E-state index >= 15 is 0 Å². The number of rotatable bonds is 10. The molecule has 0 fully saturated rings. The number of nitriles is 1. The highest BCUT2D eigenvalue weighted by Crippen LogP contribution is 2.13. The molecule has 0 spiro atoms. The molecule has 1 aromatic carbocycles. The van der Waals surface area contributed by atoms with E-state index in [-0.39, 0.29) is 11.3 Å². The van der Waals surface area contributed by atoms with Crippen LogP contribution in [0.3, 0.4) is 0 Å². The van der Waals surface area contributed by atoms with E-state index in [1.807, 2.05) is 6.07 Å². The Morgan fingerprint density at radius 1 is 1.30 bits per heavy atom. The first-order valence-electron chi connectivity index (χ1n) is 7.69. The Hall–Kier alpha value is -2.52. The number of nitrogens with one attached hydrogen (secondary N) is 2. The van der Waals surface area contributed by atoms with E-state index in [1.54, 1.807) is 12.1 Å². The number of benzene rings is 1. The van der Waals surface area contributed by atoms with Crippen molar-refractivity contribution in [3.8, 4) is 11.8 Å². The van der Waals surface area contributed by atoms with Gasteiger partial charge in [-0.05, 0) is 37.1 Å². The van der Waals surface area contributed by atoms with Crippen LogP contribution >= 0.6 is 0 Å². The smallest absolute Gasteiger partial charge is 0.263 e. The second kappa shape index (κ2) is 11.1. The number of amides is 1. The number of carbonyl (C=O) groups is 1. The molecule has 1 aromatic rings. The van der Waals surface area contributed by atoms with Gasteiger partial charge in [-0.1, -0.05) is 13.3 Å². The van der Waals surface area contributed by atoms with Crippen LogP contribution in [-0.4, -0.2) is 30.8 Å². The van der Waals surface area contributed by atoms with Crippen molar-refractivity contribution in [2.75, 3.05) is 25.1 Å². The van der Waals surface area contributed by atoms with Gasteiger partial charge in [0.05, 0.1) is 0 Å². The van der Waals surface area contributed by atoms with Crippen molar-refractivity contribution < 1.29 is 14.6 Å². The van der Waals surface area contributed by atoms with Gasteiger partial charge in [0.1, 0.15) is 17.4 Å². The van der Waals surface area contributed by atoms with Gasteiger partial charge in [-0.25, -0.2) is 0 Å². The number of aromatic hydroxyl groups is 1. The number of phenols is 1. The zero-order chi connectivity index (χ0) is 16.9. The molecule has 6 heteroatoms. The summed E-state index contributed by atoms with van der Waals surface area (Å²) in [7, 11) is 0. The van der Waals surface area contributed by atoms with Crippen molar-refractivity contribution in [1.29, 1.82) is 5.26 Å². The summed E-state index contributed by atoms with van der Waals surface area (Å²) in [6.45, 7) is 3.90. The minimum Gasteiger partial charge on any atom is -0.508 e. The minimum atomic E-state index is -0.424. The first-order chi connectivity index (χ1) is 11.2. The Kier molecular flexibility index (Phi) is 8.94. The molecule has 3 N–H and O–H groups in total. The largest absolute Gasteiger partial charge is 0.508 e. The maximum absolute atomic E-state index is 11.9. The predicted molar refractivity (Wildman–Crippen MR) is 88.8 cm³/mol. The third-order valence-electron chi connectivity index (χ3n) is 3.01. The standard InChI is InChI=1S/C17H23N3O3/c1-2-3-10-23-11-4-9-19-17(22)14(12-18)13-20-15-5-7-16(21)8-6-15/h5-8,13,20-21H,2-4,9-11H2,1H3,(H,19,22)/b14-13-. The zero-order valence-electron chi connectivity index (χ0n) is 13.3. The lowest BCUT2D eigenvalue weighted by atomic mass is 10.2. The normalized spacial score (nSPS) is 10.9. The van der Waals surface area contributed by atoms with Crippen LogP contribution in [0.4, 0.5) is 5.69 Å². The van der Waals surface area contributed by atoms with Crippen LogP contribution in [0.2, 0.25) is 0 Å². The SMILES string of the molecule is CCCCOCCCNC(=O)/C(C#N)=C\Nc1ccc(O)cc1. The molecule has 6 nitrogen and oxygen atoms in total. The second-order valence-corrected chi connectivity index (χ2v) is 4.94. The third-order valence-corrected chi connectivity index (χ3v) is 3.01. The Bertz CT molecular complexity index is 547. The van der Waals surface area contributed by atoms with Crippen molar-refractivity contribution in [1.82, 2.24) is 5.32 Å². The maximum atomic E-state index is 11.9. The molecular formula is C17H23N3O3. The Balaban J connectivity index is 2.32. The molecule has 0 heterocycles. The molecule has 0 saturated carbocycles. The van der Waals surface area contributed by atoms with Gasteiger partial charge in [0.25, 0.3) is 5.91 Å². The van der Waals surface area contributed by atoms with E-state index in [4.69, 9.17) is 10.00 Å². The minimum absolute atomic E-state index is 0.00928. The van der Waals surface area contributed by atoms with Crippen LogP contribution < -0.4 is 10.6 Å². The highest BCUT2D eigenvalue weighted by Gasteiger charge is 2.07. The number of carbonyl (C=O) groups excluding carboxylic acids is 1. The van der Waals surface area contributed by atoms with Gasteiger partial charge in [0.15, 0.2) is 0 Å². The molecule has 0 aliphatic heterocycles. The monoisotopic (exact) mass is 317 g/mol. The molecule has 124 valence electrons. The summed E-state index contributed by atoms with van der Waals surface area (Å²) in [5.41, 5.74) is 0.664. The summed E-state index contributed by atoms with van der Waals surface area (Å²) >= 11 is 0. The van der Waals surface area contributed by atoms with Gasteiger partial charge in [0, 0.05) is 31.6 Å². The molecular weight excluding hydrogens is 294 g/mol. The van der Waals surface area contributed by atoms with E-state index < -0.39 is 5.91 Å². The Morgan fingerprint density at radius 3 is 2.65 bits per heavy atom. The number of nitrogens with zero attached hydrogens (tertiary/aromatic N) is 1. The molecule has 0 unspecified atom stereocenters. The van der Waals surface area contributed by atoms with Crippen LogP contribution in [0.25, 0.3) is 0 Å². The van der Waals surface area contributed by atoms with Crippen molar-refractivity contribution in [3.63, 3.8) is 0 Å². The molecule has 0 aromatic heterocycles. The topological polar surface area (TPSA) is 94.4 Å². The highest BCUT2D eigenvalue weighted by molar-refractivity contribution is 5.97. The summed E-state index contributed by atoms with van der Waals surface area (Å²) in [5.74, 6) is -0.272. The third kappa shape index (κ3) is 7.88. The van der Waals surface area contributed by atoms with Gasteiger partial charge in [0.2, 0.25) is 0 Å². The summed E-state index contributed by atoms with van der Waals surface area (Å²) in [6.07, 6.45) is 4.19. The summed E-state index contributed by atoms with van der Waals surface area (Å²) in [5, 5.41) is 23.7. The maximum Gasteiger partial charge on any atom is 0.263 e. The molecule has 1 rings (SSSR count). The predicted octanol–water partition coefficient (Wildman–Crippen LogP) is 2.53. The highest BCUT2D eigenvalue weighted by atomic mass is 16.5. The average molecular weight is 317 g/mol. The van der Waals surface area contributed by atoms with Crippen LogP contribution in [0, 0.1) is 11.3 Å². The van der Waals surface area contributed by atoms with Gasteiger partial charge in [-0.3, -0.25) is 4.79 Å². The Morgan fingerprint density at radius 2 is 2.00 bits per heavy atom. The van der Waals surface area contributed by atoms with Gasteiger partial charge in [-0.2, -0.15) is 5.26 Å². The van der Waals surface area contributed by atoms with E-state index in [0.717, 1.165) is 19.4 Å². The number of phenolic OH excluding ortho intramolecular Hbond substituents is 1. The Labute approximate surface area is 136 Å². The second-order valence-electron chi connectivity index (χ2n) is 4.94. The molecule has 1 amide bonds. The number of hydrogen-bond donors (Lipinski definition) is 3. The molecule has 0 bridgehead atoms. The van der Waals surface area contributed by atoms with Crippen molar-refractivity contribution in [3.05, 3.63) is 36.0 Å². The summed E-state index contributed by atoms with van der Waals surface area (Å²) in [6, 6.07) is 8.18. The number of unbranched alkanes of at least 4 members (excludes halogenated alkanes) is 1. The molecule has 0 radical (unpaired) electrons. The number of ether oxygens (including phenoxy) is 1. The van der Waals surface area contributed by atoms with Crippen LogP contribution in [0.5, 0.6) is 5.75 Å². The zero-order valence-corrected chi connectivity index (χ0v) is 13.3. The van der Waals surface area contributed by atoms with Crippen LogP contribution in [-0.2, 0) is 9.53 Å². The molecule has 0 aliphatic rings. The van der Waals surface area contributed by atoms with Crippen molar-refractivity contribution in [2.24, 2.45) is 0 Å². The van der Waals surface area contributed by atoms with Crippen molar-refractivity contribution in [2.45, 2.75) is 26.2 Å². The summed E-state index contributed by atoms with van der Waals surface area (Å²) in [4.78, 5) is 11.9. The van der Waals surface area contributed by atoms with Crippen LogP contribution in [0.15, 0.2) is 36.0 Å². The van der Waals surface area contributed by atoms with Crippen molar-refractivity contribution >= 4 is 11.6 Å². The lowest BCUT2D eigenvalue weighted by molar-refractivity contribution is -0.117. The molecule has 0 saturated heterocycles. The first kappa shape index (κ1) is 18.5. The van der Waals surface area contributed by atoms with E-state index in [2.05, 4.69) is 17.6 Å². The first-order valence-corrected chi connectivity index (χ1v) is 7.69. The van der Waals surface area contributed by atoms with Gasteiger partial charge in [-0.15, -0.1) is 0 Å². The number of hydrogen-bond acceptors (Lipinski definition) is 5. The fourth-order valence-electron chi connectivity index (χ4n) is 1.68. The van der Waals surface area contributed by atoms with E-state index in [9.17, 15) is 9.90 Å². The molecule has 23 heavy (non-hydrogen) atoms. The lowest BCUT2D eigenvalue weighted by Gasteiger charge is -2.06. The van der Waals surface area contributed by atoms with E-state index in [1.165, 1.54) is 18.3 Å². The molecule has 0 atom stereocenters. The van der Waals surface area contributed by atoms with Crippen LogP contribution in [0.1, 0.15) is 26.2 Å². The molecule has 0 aliphatic carbocycles. The average Bonchev–Trinajstić information content (AvgIpc) is 2.56. The quantitative estimate of drug-likeness (QED) is 0.267.